The zero-order valence-electron chi connectivity index (χ0n) is 9.21. The molecule has 0 aliphatic heterocycles. The first-order valence-corrected chi connectivity index (χ1v) is 6.15. The summed E-state index contributed by atoms with van der Waals surface area (Å²) in [5.74, 6) is -0.399. The highest BCUT2D eigenvalue weighted by Crippen LogP contribution is 2.14. The van der Waals surface area contributed by atoms with Crippen LogP contribution in [0.25, 0.3) is 0 Å². The Hall–Kier alpha value is -1.65. The van der Waals surface area contributed by atoms with Gasteiger partial charge in [0.25, 0.3) is 0 Å². The third-order valence-electron chi connectivity index (χ3n) is 2.35. The molecule has 1 atom stereocenters. The minimum absolute atomic E-state index is 0.289. The molecule has 2 rings (SSSR count). The standard InChI is InChI=1S/C13H13NO2S/c14-12(10-5-2-1-3-6-10)13(15)16-9-11-7-4-8-17-11/h1-8,12H,9,14H2/t12-/m0/s1. The Bertz CT molecular complexity index is 467. The largest absolute Gasteiger partial charge is 0.459 e. The van der Waals surface area contributed by atoms with E-state index >= 15 is 0 Å². The second-order valence-corrected chi connectivity index (χ2v) is 4.61. The quantitative estimate of drug-likeness (QED) is 0.844. The summed E-state index contributed by atoms with van der Waals surface area (Å²) in [7, 11) is 0. The summed E-state index contributed by atoms with van der Waals surface area (Å²) < 4.78 is 5.15. The smallest absolute Gasteiger partial charge is 0.327 e. The van der Waals surface area contributed by atoms with Crippen LogP contribution in [0.15, 0.2) is 47.8 Å². The van der Waals surface area contributed by atoms with Crippen molar-refractivity contribution >= 4 is 17.3 Å². The number of hydrogen-bond acceptors (Lipinski definition) is 4. The number of thiophene rings is 1. The van der Waals surface area contributed by atoms with Gasteiger partial charge in [-0.05, 0) is 17.0 Å². The summed E-state index contributed by atoms with van der Waals surface area (Å²) in [5.41, 5.74) is 6.57. The molecule has 0 radical (unpaired) electrons. The molecule has 17 heavy (non-hydrogen) atoms. The van der Waals surface area contributed by atoms with Gasteiger partial charge in [-0.3, -0.25) is 0 Å². The van der Waals surface area contributed by atoms with Crippen LogP contribution in [0.5, 0.6) is 0 Å². The van der Waals surface area contributed by atoms with Crippen LogP contribution in [0.2, 0.25) is 0 Å². The highest BCUT2D eigenvalue weighted by molar-refractivity contribution is 7.09. The SMILES string of the molecule is N[C@H](C(=O)OCc1cccs1)c1ccccc1. The number of carbonyl (C=O) groups is 1. The lowest BCUT2D eigenvalue weighted by Crippen LogP contribution is -2.23. The highest BCUT2D eigenvalue weighted by atomic mass is 32.1. The number of hydrogen-bond donors (Lipinski definition) is 1. The van der Waals surface area contributed by atoms with E-state index in [1.165, 1.54) is 0 Å². The van der Waals surface area contributed by atoms with Crippen LogP contribution < -0.4 is 5.73 Å². The number of rotatable bonds is 4. The zero-order chi connectivity index (χ0) is 12.1. The molecule has 0 fully saturated rings. The molecule has 0 saturated heterocycles. The van der Waals surface area contributed by atoms with E-state index in [9.17, 15) is 4.79 Å². The van der Waals surface area contributed by atoms with E-state index in [1.54, 1.807) is 11.3 Å². The van der Waals surface area contributed by atoms with Crippen LogP contribution in [0.1, 0.15) is 16.5 Å². The van der Waals surface area contributed by atoms with Crippen molar-refractivity contribution in [3.8, 4) is 0 Å². The Labute approximate surface area is 104 Å². The fourth-order valence-corrected chi connectivity index (χ4v) is 2.04. The second kappa shape index (κ2) is 5.61. The van der Waals surface area contributed by atoms with Crippen LogP contribution in [0.3, 0.4) is 0 Å². The maximum Gasteiger partial charge on any atom is 0.327 e. The first-order chi connectivity index (χ1) is 8.27. The molecule has 2 N–H and O–H groups in total. The molecule has 1 aromatic heterocycles. The van der Waals surface area contributed by atoms with Gasteiger partial charge in [-0.2, -0.15) is 0 Å². The van der Waals surface area contributed by atoms with Gasteiger partial charge in [-0.15, -0.1) is 11.3 Å². The lowest BCUT2D eigenvalue weighted by molar-refractivity contribution is -0.146. The molecule has 0 aliphatic carbocycles. The molecule has 4 heteroatoms. The Kier molecular flexibility index (Phi) is 3.90. The minimum atomic E-state index is -0.712. The van der Waals surface area contributed by atoms with E-state index in [2.05, 4.69) is 0 Å². The maximum absolute atomic E-state index is 11.7. The van der Waals surface area contributed by atoms with Crippen LogP contribution in [0, 0.1) is 0 Å². The maximum atomic E-state index is 11.7. The lowest BCUT2D eigenvalue weighted by atomic mass is 10.1. The molecule has 0 amide bonds. The predicted octanol–water partition coefficient (Wildman–Crippen LogP) is 2.49. The van der Waals surface area contributed by atoms with Crippen LogP contribution in [-0.2, 0) is 16.1 Å². The van der Waals surface area contributed by atoms with E-state index in [-0.39, 0.29) is 6.61 Å². The van der Waals surface area contributed by atoms with Gasteiger partial charge in [-0.1, -0.05) is 36.4 Å². The summed E-state index contributed by atoms with van der Waals surface area (Å²) in [4.78, 5) is 12.7. The Morgan fingerprint density at radius 3 is 2.65 bits per heavy atom. The summed E-state index contributed by atoms with van der Waals surface area (Å²) in [6, 6.07) is 12.3. The highest BCUT2D eigenvalue weighted by Gasteiger charge is 2.16. The zero-order valence-corrected chi connectivity index (χ0v) is 10.0. The van der Waals surface area contributed by atoms with Crippen LogP contribution >= 0.6 is 11.3 Å². The van der Waals surface area contributed by atoms with E-state index in [4.69, 9.17) is 10.5 Å². The molecular formula is C13H13NO2S. The summed E-state index contributed by atoms with van der Waals surface area (Å²) in [6.07, 6.45) is 0. The average molecular weight is 247 g/mol. The average Bonchev–Trinajstić information content (AvgIpc) is 2.89. The molecule has 0 spiro atoms. The number of esters is 1. The predicted molar refractivity (Wildman–Crippen MR) is 67.5 cm³/mol. The van der Waals surface area contributed by atoms with E-state index in [0.717, 1.165) is 10.4 Å². The number of carbonyl (C=O) groups excluding carboxylic acids is 1. The van der Waals surface area contributed by atoms with Gasteiger partial charge >= 0.3 is 5.97 Å². The Balaban J connectivity index is 1.92. The fourth-order valence-electron chi connectivity index (χ4n) is 1.42. The lowest BCUT2D eigenvalue weighted by Gasteiger charge is -2.10. The molecule has 0 aliphatic rings. The van der Waals surface area contributed by atoms with E-state index in [0.29, 0.717) is 0 Å². The molecule has 0 saturated carbocycles. The molecule has 0 unspecified atom stereocenters. The number of benzene rings is 1. The van der Waals surface area contributed by atoms with Crippen molar-refractivity contribution in [3.05, 3.63) is 58.3 Å². The normalized spacial score (nSPS) is 12.1. The number of nitrogens with two attached hydrogens (primary N) is 1. The first-order valence-electron chi connectivity index (χ1n) is 5.27. The van der Waals surface area contributed by atoms with Crippen molar-refractivity contribution in [1.82, 2.24) is 0 Å². The molecule has 88 valence electrons. The van der Waals surface area contributed by atoms with Crippen molar-refractivity contribution in [1.29, 1.82) is 0 Å². The van der Waals surface area contributed by atoms with Gasteiger partial charge < -0.3 is 10.5 Å². The van der Waals surface area contributed by atoms with Gasteiger partial charge in [0, 0.05) is 4.88 Å². The van der Waals surface area contributed by atoms with Crippen molar-refractivity contribution < 1.29 is 9.53 Å². The Morgan fingerprint density at radius 2 is 2.00 bits per heavy atom. The molecular weight excluding hydrogens is 234 g/mol. The van der Waals surface area contributed by atoms with Gasteiger partial charge in [0.1, 0.15) is 12.6 Å². The van der Waals surface area contributed by atoms with Crippen LogP contribution in [-0.4, -0.2) is 5.97 Å². The van der Waals surface area contributed by atoms with Crippen LogP contribution in [0.4, 0.5) is 0 Å². The van der Waals surface area contributed by atoms with Crippen molar-refractivity contribution in [2.75, 3.05) is 0 Å². The molecule has 1 heterocycles. The Morgan fingerprint density at radius 1 is 1.24 bits per heavy atom. The van der Waals surface area contributed by atoms with E-state index < -0.39 is 12.0 Å². The second-order valence-electron chi connectivity index (χ2n) is 3.58. The summed E-state index contributed by atoms with van der Waals surface area (Å²) in [5, 5.41) is 1.94. The van der Waals surface area contributed by atoms with Gasteiger partial charge in [0.15, 0.2) is 0 Å². The van der Waals surface area contributed by atoms with Gasteiger partial charge in [0.05, 0.1) is 0 Å². The monoisotopic (exact) mass is 247 g/mol. The van der Waals surface area contributed by atoms with Gasteiger partial charge in [-0.25, -0.2) is 4.79 Å². The minimum Gasteiger partial charge on any atom is -0.459 e. The van der Waals surface area contributed by atoms with Crippen molar-refractivity contribution in [3.63, 3.8) is 0 Å². The molecule has 1 aromatic carbocycles. The van der Waals surface area contributed by atoms with Crippen molar-refractivity contribution in [2.24, 2.45) is 5.73 Å². The number of ether oxygens (including phenoxy) is 1. The van der Waals surface area contributed by atoms with Crippen molar-refractivity contribution in [2.45, 2.75) is 12.6 Å². The topological polar surface area (TPSA) is 52.3 Å². The molecule has 2 aromatic rings. The fraction of sp³-hybridized carbons (Fsp3) is 0.154. The van der Waals surface area contributed by atoms with E-state index in [1.807, 2.05) is 47.8 Å². The van der Waals surface area contributed by atoms with Gasteiger partial charge in [0.2, 0.25) is 0 Å². The molecule has 0 bridgehead atoms. The third kappa shape index (κ3) is 3.15. The third-order valence-corrected chi connectivity index (χ3v) is 3.20. The first kappa shape index (κ1) is 11.8. The molecule has 3 nitrogen and oxygen atoms in total. The summed E-state index contributed by atoms with van der Waals surface area (Å²) >= 11 is 1.55. The summed E-state index contributed by atoms with van der Waals surface area (Å²) in [6.45, 7) is 0.289.